The molecule has 0 atom stereocenters. The van der Waals surface area contributed by atoms with E-state index in [-0.39, 0.29) is 23.6 Å². The maximum Gasteiger partial charge on any atom is 0.337 e. The quantitative estimate of drug-likeness (QED) is 0.722. The number of nitrogens with zero attached hydrogens (tertiary/aromatic N) is 1. The van der Waals surface area contributed by atoms with Crippen molar-refractivity contribution in [2.75, 3.05) is 38.3 Å². The van der Waals surface area contributed by atoms with Gasteiger partial charge in [-0.15, -0.1) is 0 Å². The minimum Gasteiger partial charge on any atom is -0.478 e. The number of benzene rings is 1. The van der Waals surface area contributed by atoms with Crippen molar-refractivity contribution in [3.8, 4) is 0 Å². The fourth-order valence-electron chi connectivity index (χ4n) is 2.45. The van der Waals surface area contributed by atoms with E-state index in [9.17, 15) is 18.3 Å². The highest BCUT2D eigenvalue weighted by Crippen LogP contribution is 2.27. The molecule has 1 aromatic rings. The summed E-state index contributed by atoms with van der Waals surface area (Å²) in [6.07, 6.45) is 2.02. The van der Waals surface area contributed by atoms with Crippen LogP contribution in [0.4, 0.5) is 5.69 Å². The van der Waals surface area contributed by atoms with Crippen LogP contribution in [0.1, 0.15) is 23.2 Å². The van der Waals surface area contributed by atoms with E-state index in [0.717, 1.165) is 25.9 Å². The predicted molar refractivity (Wildman–Crippen MR) is 81.9 cm³/mol. The average Bonchev–Trinajstić information content (AvgIpc) is 3.00. The lowest BCUT2D eigenvalue weighted by molar-refractivity contribution is 0.0697. The molecule has 8 heteroatoms. The predicted octanol–water partition coefficient (Wildman–Crippen LogP) is 0.910. The molecule has 1 aromatic carbocycles. The van der Waals surface area contributed by atoms with Crippen LogP contribution in [0.3, 0.4) is 0 Å². The third-order valence-corrected chi connectivity index (χ3v) is 5.01. The molecule has 0 radical (unpaired) electrons. The van der Waals surface area contributed by atoms with Crippen LogP contribution < -0.4 is 9.62 Å². The molecule has 122 valence electrons. The minimum absolute atomic E-state index is 0.0107. The fraction of sp³-hybridized carbons (Fsp3) is 0.500. The molecule has 2 N–H and O–H groups in total. The Hall–Kier alpha value is -1.64. The molecule has 0 bridgehead atoms. The Labute approximate surface area is 129 Å². The number of nitrogens with one attached hydrogen (secondary N) is 1. The van der Waals surface area contributed by atoms with Gasteiger partial charge in [-0.3, -0.25) is 0 Å². The van der Waals surface area contributed by atoms with E-state index >= 15 is 0 Å². The highest BCUT2D eigenvalue weighted by molar-refractivity contribution is 7.89. The zero-order valence-electron chi connectivity index (χ0n) is 12.4. The topological polar surface area (TPSA) is 95.9 Å². The normalized spacial score (nSPS) is 15.2. The first-order chi connectivity index (χ1) is 10.5. The first-order valence-corrected chi connectivity index (χ1v) is 8.55. The lowest BCUT2D eigenvalue weighted by atomic mass is 10.1. The van der Waals surface area contributed by atoms with Crippen molar-refractivity contribution in [2.45, 2.75) is 17.7 Å². The van der Waals surface area contributed by atoms with E-state index in [2.05, 4.69) is 4.72 Å². The van der Waals surface area contributed by atoms with Gasteiger partial charge in [0.15, 0.2) is 0 Å². The molecule has 1 aliphatic rings. The number of hydrogen-bond donors (Lipinski definition) is 2. The number of hydrogen-bond acceptors (Lipinski definition) is 5. The van der Waals surface area contributed by atoms with Gasteiger partial charge in [-0.2, -0.15) is 0 Å². The summed E-state index contributed by atoms with van der Waals surface area (Å²) >= 11 is 0. The van der Waals surface area contributed by atoms with Gasteiger partial charge in [0, 0.05) is 26.7 Å². The first-order valence-electron chi connectivity index (χ1n) is 7.06. The Balaban J connectivity index is 2.30. The Bertz CT molecular complexity index is 639. The molecule has 1 fully saturated rings. The summed E-state index contributed by atoms with van der Waals surface area (Å²) in [7, 11) is -2.27. The van der Waals surface area contributed by atoms with Crippen molar-refractivity contribution in [1.29, 1.82) is 0 Å². The summed E-state index contributed by atoms with van der Waals surface area (Å²) in [6, 6.07) is 4.22. The van der Waals surface area contributed by atoms with Gasteiger partial charge in [0.05, 0.1) is 22.8 Å². The molecule has 0 aromatic heterocycles. The van der Waals surface area contributed by atoms with Crippen LogP contribution in [0.2, 0.25) is 0 Å². The number of carbonyl (C=O) groups is 1. The molecule has 0 unspecified atom stereocenters. The van der Waals surface area contributed by atoms with Gasteiger partial charge in [0.1, 0.15) is 0 Å². The van der Waals surface area contributed by atoms with E-state index in [1.54, 1.807) is 6.07 Å². The molecule has 0 saturated carbocycles. The average molecular weight is 328 g/mol. The van der Waals surface area contributed by atoms with Gasteiger partial charge in [-0.1, -0.05) is 0 Å². The monoisotopic (exact) mass is 328 g/mol. The molecule has 0 spiro atoms. The molecule has 0 aliphatic carbocycles. The largest absolute Gasteiger partial charge is 0.478 e. The van der Waals surface area contributed by atoms with Crippen LogP contribution in [-0.2, 0) is 14.8 Å². The third kappa shape index (κ3) is 3.76. The zero-order valence-corrected chi connectivity index (χ0v) is 13.2. The molecular weight excluding hydrogens is 308 g/mol. The van der Waals surface area contributed by atoms with Gasteiger partial charge in [-0.05, 0) is 31.0 Å². The molecule has 1 aliphatic heterocycles. The smallest absolute Gasteiger partial charge is 0.337 e. The Morgan fingerprint density at radius 1 is 1.36 bits per heavy atom. The van der Waals surface area contributed by atoms with Crippen LogP contribution in [-0.4, -0.2) is 52.8 Å². The number of sulfonamides is 1. The van der Waals surface area contributed by atoms with Crippen LogP contribution >= 0.6 is 0 Å². The minimum atomic E-state index is -3.74. The van der Waals surface area contributed by atoms with E-state index in [1.165, 1.54) is 19.2 Å². The van der Waals surface area contributed by atoms with Crippen molar-refractivity contribution in [3.05, 3.63) is 23.8 Å². The lowest BCUT2D eigenvalue weighted by Gasteiger charge is -2.20. The summed E-state index contributed by atoms with van der Waals surface area (Å²) < 4.78 is 31.4. The van der Waals surface area contributed by atoms with Crippen molar-refractivity contribution >= 4 is 21.7 Å². The Kier molecular flexibility index (Phi) is 5.38. The van der Waals surface area contributed by atoms with Crippen molar-refractivity contribution in [2.24, 2.45) is 0 Å². The number of carboxylic acid groups (broad SMARTS) is 1. The molecule has 2 rings (SSSR count). The second kappa shape index (κ2) is 7.08. The second-order valence-electron chi connectivity index (χ2n) is 5.07. The van der Waals surface area contributed by atoms with Gasteiger partial charge < -0.3 is 14.7 Å². The molecule has 1 saturated heterocycles. The van der Waals surface area contributed by atoms with Crippen molar-refractivity contribution in [3.63, 3.8) is 0 Å². The van der Waals surface area contributed by atoms with E-state index in [1.807, 2.05) is 4.90 Å². The van der Waals surface area contributed by atoms with Gasteiger partial charge in [0.2, 0.25) is 10.0 Å². The maximum absolute atomic E-state index is 12.1. The van der Waals surface area contributed by atoms with E-state index < -0.39 is 16.0 Å². The Morgan fingerprint density at radius 3 is 2.64 bits per heavy atom. The lowest BCUT2D eigenvalue weighted by Crippen LogP contribution is -2.28. The molecule has 7 nitrogen and oxygen atoms in total. The van der Waals surface area contributed by atoms with E-state index in [4.69, 9.17) is 4.74 Å². The summed E-state index contributed by atoms with van der Waals surface area (Å²) in [5, 5.41) is 9.37. The van der Waals surface area contributed by atoms with Gasteiger partial charge in [0.25, 0.3) is 0 Å². The second-order valence-corrected chi connectivity index (χ2v) is 6.84. The number of rotatable bonds is 7. The summed E-state index contributed by atoms with van der Waals surface area (Å²) in [4.78, 5) is 13.4. The number of ether oxygens (including phenoxy) is 1. The fourth-order valence-corrected chi connectivity index (χ4v) is 3.49. The number of methoxy groups -OCH3 is 1. The molecular formula is C14H20N2O5S. The molecule has 0 amide bonds. The maximum atomic E-state index is 12.1. The highest BCUT2D eigenvalue weighted by Gasteiger charge is 2.22. The highest BCUT2D eigenvalue weighted by atomic mass is 32.2. The van der Waals surface area contributed by atoms with E-state index in [0.29, 0.717) is 5.69 Å². The van der Waals surface area contributed by atoms with Crippen LogP contribution in [0.15, 0.2) is 23.1 Å². The Morgan fingerprint density at radius 2 is 2.05 bits per heavy atom. The van der Waals surface area contributed by atoms with Crippen LogP contribution in [0.25, 0.3) is 0 Å². The molecule has 22 heavy (non-hydrogen) atoms. The SMILES string of the molecule is COCCNS(=O)(=O)c1ccc(N2CCCC2)c(C(=O)O)c1. The van der Waals surface area contributed by atoms with Crippen LogP contribution in [0, 0.1) is 0 Å². The standard InChI is InChI=1S/C14H20N2O5S/c1-21-9-6-15-22(19,20)11-4-5-13(12(10-11)14(17)18)16-7-2-3-8-16/h4-5,10,15H,2-3,6-9H2,1H3,(H,17,18). The van der Waals surface area contributed by atoms with Crippen molar-refractivity contribution < 1.29 is 23.1 Å². The van der Waals surface area contributed by atoms with Gasteiger partial charge in [-0.25, -0.2) is 17.9 Å². The number of carboxylic acids is 1. The zero-order chi connectivity index (χ0) is 16.2. The number of aromatic carboxylic acids is 1. The van der Waals surface area contributed by atoms with Crippen molar-refractivity contribution in [1.82, 2.24) is 4.72 Å². The number of anilines is 1. The first kappa shape index (κ1) is 16.7. The summed E-state index contributed by atoms with van der Waals surface area (Å²) in [5.41, 5.74) is 0.581. The third-order valence-electron chi connectivity index (χ3n) is 3.55. The van der Waals surface area contributed by atoms with Gasteiger partial charge >= 0.3 is 5.97 Å². The summed E-state index contributed by atoms with van der Waals surface area (Å²) in [6.45, 7) is 1.96. The molecule has 1 heterocycles. The summed E-state index contributed by atoms with van der Waals surface area (Å²) in [5.74, 6) is -1.13. The van der Waals surface area contributed by atoms with Crippen LogP contribution in [0.5, 0.6) is 0 Å².